The summed E-state index contributed by atoms with van der Waals surface area (Å²) in [5.41, 5.74) is 0. The Kier molecular flexibility index (Phi) is 39.5. The summed E-state index contributed by atoms with van der Waals surface area (Å²) in [6, 6.07) is 0. The van der Waals surface area contributed by atoms with E-state index in [1.165, 1.54) is 51.4 Å². The zero-order valence-corrected chi connectivity index (χ0v) is 35.3. The number of esters is 1. The van der Waals surface area contributed by atoms with Crippen LogP contribution >= 0.6 is 7.82 Å². The van der Waals surface area contributed by atoms with Gasteiger partial charge in [0.05, 0.1) is 26.4 Å². The number of unbranched alkanes of at least 4 members (excludes halogenated alkanes) is 11. The molecule has 3 atom stereocenters. The van der Waals surface area contributed by atoms with Gasteiger partial charge in [-0.3, -0.25) is 13.8 Å². The summed E-state index contributed by atoms with van der Waals surface area (Å²) in [4.78, 5) is 22.5. The molecule has 0 amide bonds. The Morgan fingerprint density at radius 3 is 1.56 bits per heavy atom. The first-order valence-electron chi connectivity index (χ1n) is 21.1. The molecule has 0 heterocycles. The highest BCUT2D eigenvalue weighted by Gasteiger charge is 2.26. The highest BCUT2D eigenvalue weighted by atomic mass is 31.2. The molecule has 3 unspecified atom stereocenters. The van der Waals surface area contributed by atoms with Gasteiger partial charge in [0.25, 0.3) is 0 Å². The number of aliphatic hydroxyl groups excluding tert-OH is 2. The van der Waals surface area contributed by atoms with Crippen molar-refractivity contribution < 1.29 is 43.0 Å². The molecule has 0 spiro atoms. The molecule has 316 valence electrons. The van der Waals surface area contributed by atoms with Crippen LogP contribution in [0.3, 0.4) is 0 Å². The zero-order valence-electron chi connectivity index (χ0n) is 34.4. The molecule has 0 saturated carbocycles. The molecule has 9 nitrogen and oxygen atoms in total. The van der Waals surface area contributed by atoms with E-state index in [4.69, 9.17) is 23.6 Å². The Morgan fingerprint density at radius 2 is 1.04 bits per heavy atom. The van der Waals surface area contributed by atoms with E-state index in [2.05, 4.69) is 92.8 Å². The van der Waals surface area contributed by atoms with Crippen molar-refractivity contribution in [3.05, 3.63) is 85.1 Å². The van der Waals surface area contributed by atoms with Gasteiger partial charge in [0, 0.05) is 13.0 Å². The minimum absolute atomic E-state index is 0.0140. The van der Waals surface area contributed by atoms with Crippen molar-refractivity contribution in [2.45, 2.75) is 161 Å². The SMILES string of the molecule is CC/C=C\C/C=C\C/C=C\C/C=C\C/C=C\CCCC(=O)OC(COCCCCCCCC/C=C\C/C=C\CCCCCC)COP(=O)(O)OCC(O)CO. The third-order valence-electron chi connectivity index (χ3n) is 8.31. The molecule has 0 bridgehead atoms. The average Bonchev–Trinajstić information content (AvgIpc) is 3.18. The van der Waals surface area contributed by atoms with Crippen molar-refractivity contribution in [2.24, 2.45) is 0 Å². The van der Waals surface area contributed by atoms with Gasteiger partial charge in [-0.05, 0) is 83.5 Å². The molecule has 0 radical (unpaired) electrons. The Balaban J connectivity index is 4.33. The van der Waals surface area contributed by atoms with Gasteiger partial charge in [-0.15, -0.1) is 0 Å². The van der Waals surface area contributed by atoms with E-state index in [1.807, 2.05) is 6.08 Å². The summed E-state index contributed by atoms with van der Waals surface area (Å²) < 4.78 is 33.3. The molecule has 0 aromatic rings. The fraction of sp³-hybridized carbons (Fsp3) is 0.667. The molecule has 0 aliphatic carbocycles. The lowest BCUT2D eigenvalue weighted by molar-refractivity contribution is -0.154. The number of phosphoric acid groups is 1. The van der Waals surface area contributed by atoms with Crippen LogP contribution in [0.2, 0.25) is 0 Å². The van der Waals surface area contributed by atoms with E-state index < -0.39 is 45.8 Å². The van der Waals surface area contributed by atoms with Crippen LogP contribution in [0.4, 0.5) is 0 Å². The molecule has 0 fully saturated rings. The fourth-order valence-electron chi connectivity index (χ4n) is 5.13. The number of rotatable bonds is 39. The Labute approximate surface area is 335 Å². The predicted octanol–water partition coefficient (Wildman–Crippen LogP) is 11.5. The molecule has 10 heteroatoms. The summed E-state index contributed by atoms with van der Waals surface area (Å²) in [5, 5.41) is 18.3. The summed E-state index contributed by atoms with van der Waals surface area (Å²) in [7, 11) is -4.54. The smallest absolute Gasteiger partial charge is 0.457 e. The second kappa shape index (κ2) is 41.3. The first-order valence-corrected chi connectivity index (χ1v) is 22.6. The van der Waals surface area contributed by atoms with E-state index in [9.17, 15) is 19.4 Å². The van der Waals surface area contributed by atoms with Crippen LogP contribution in [0.15, 0.2) is 85.1 Å². The Morgan fingerprint density at radius 1 is 0.582 bits per heavy atom. The first kappa shape index (κ1) is 52.6. The minimum atomic E-state index is -4.54. The van der Waals surface area contributed by atoms with Crippen LogP contribution in [-0.2, 0) is 27.9 Å². The lowest BCUT2D eigenvalue weighted by atomic mass is 10.1. The van der Waals surface area contributed by atoms with Gasteiger partial charge in [0.1, 0.15) is 12.2 Å². The van der Waals surface area contributed by atoms with E-state index in [1.54, 1.807) is 0 Å². The topological polar surface area (TPSA) is 132 Å². The number of carbonyl (C=O) groups excluding carboxylic acids is 1. The zero-order chi connectivity index (χ0) is 40.3. The third-order valence-corrected chi connectivity index (χ3v) is 9.27. The van der Waals surface area contributed by atoms with Crippen molar-refractivity contribution in [1.82, 2.24) is 0 Å². The lowest BCUT2D eigenvalue weighted by Gasteiger charge is -2.20. The quantitative estimate of drug-likeness (QED) is 0.0241. The van der Waals surface area contributed by atoms with Gasteiger partial charge < -0.3 is 24.6 Å². The molecule has 0 aromatic carbocycles. The molecule has 0 aliphatic heterocycles. The number of ether oxygens (including phenoxy) is 2. The van der Waals surface area contributed by atoms with E-state index in [0.717, 1.165) is 70.6 Å². The summed E-state index contributed by atoms with van der Waals surface area (Å²) >= 11 is 0. The van der Waals surface area contributed by atoms with Gasteiger partial charge in [-0.2, -0.15) is 0 Å². The van der Waals surface area contributed by atoms with E-state index in [-0.39, 0.29) is 13.0 Å². The van der Waals surface area contributed by atoms with Crippen molar-refractivity contribution in [3.8, 4) is 0 Å². The predicted molar refractivity (Wildman–Crippen MR) is 228 cm³/mol. The van der Waals surface area contributed by atoms with Gasteiger partial charge >= 0.3 is 13.8 Å². The molecule has 3 N–H and O–H groups in total. The second-order valence-corrected chi connectivity index (χ2v) is 15.1. The minimum Gasteiger partial charge on any atom is -0.457 e. The first-order chi connectivity index (χ1) is 26.8. The van der Waals surface area contributed by atoms with Crippen LogP contribution in [0.25, 0.3) is 0 Å². The monoisotopic (exact) mass is 793 g/mol. The van der Waals surface area contributed by atoms with Crippen molar-refractivity contribution >= 4 is 13.8 Å². The maximum Gasteiger partial charge on any atom is 0.472 e. The van der Waals surface area contributed by atoms with Crippen LogP contribution in [0.1, 0.15) is 149 Å². The van der Waals surface area contributed by atoms with Crippen LogP contribution in [-0.4, -0.2) is 66.3 Å². The molecule has 0 saturated heterocycles. The molecule has 0 aromatic heterocycles. The Hall–Kier alpha value is -2.36. The molecular formula is C45H77O9P. The van der Waals surface area contributed by atoms with Crippen molar-refractivity contribution in [3.63, 3.8) is 0 Å². The third kappa shape index (κ3) is 41.1. The van der Waals surface area contributed by atoms with Crippen LogP contribution < -0.4 is 0 Å². The highest BCUT2D eigenvalue weighted by molar-refractivity contribution is 7.47. The summed E-state index contributed by atoms with van der Waals surface area (Å²) in [6.07, 6.45) is 49.7. The van der Waals surface area contributed by atoms with E-state index >= 15 is 0 Å². The Bertz CT molecular complexity index is 1130. The van der Waals surface area contributed by atoms with E-state index in [0.29, 0.717) is 13.0 Å². The number of aliphatic hydroxyl groups is 2. The maximum atomic E-state index is 12.6. The highest BCUT2D eigenvalue weighted by Crippen LogP contribution is 2.43. The molecule has 0 aliphatic rings. The van der Waals surface area contributed by atoms with Gasteiger partial charge in [0.15, 0.2) is 0 Å². The van der Waals surface area contributed by atoms with Gasteiger partial charge in [-0.25, -0.2) is 4.57 Å². The normalized spacial score (nSPS) is 14.9. The van der Waals surface area contributed by atoms with Gasteiger partial charge in [0.2, 0.25) is 0 Å². The van der Waals surface area contributed by atoms with Crippen molar-refractivity contribution in [1.29, 1.82) is 0 Å². The number of allylic oxidation sites excluding steroid dienone is 14. The summed E-state index contributed by atoms with van der Waals surface area (Å²) in [6.45, 7) is 3.26. The fourth-order valence-corrected chi connectivity index (χ4v) is 5.91. The largest absolute Gasteiger partial charge is 0.472 e. The molecule has 0 rings (SSSR count). The lowest BCUT2D eigenvalue weighted by Crippen LogP contribution is -2.29. The number of phosphoric ester groups is 1. The average molecular weight is 793 g/mol. The molecular weight excluding hydrogens is 715 g/mol. The standard InChI is InChI=1S/C45H77O9P/c1-3-5-7-9-11-13-15-17-19-21-23-25-27-29-31-33-35-37-45(48)54-44(42-53-55(49,50)52-40-43(47)39-46)41-51-38-36-34-32-30-28-26-24-22-20-18-16-14-12-10-8-6-4-2/h5,7,11,13-14,16-17,19-20,22-23,25,29,31,43-44,46-47H,3-4,6,8-10,12,15,18,21,24,26-28,30,32-42H2,1-2H3,(H,49,50)/b7-5-,13-11-,16-14-,19-17-,22-20-,25-23-,31-29-. The summed E-state index contributed by atoms with van der Waals surface area (Å²) in [5.74, 6) is -0.446. The van der Waals surface area contributed by atoms with Crippen LogP contribution in [0, 0.1) is 0 Å². The van der Waals surface area contributed by atoms with Gasteiger partial charge in [-0.1, -0.05) is 144 Å². The maximum absolute atomic E-state index is 12.6. The van der Waals surface area contributed by atoms with Crippen molar-refractivity contribution in [2.75, 3.05) is 33.0 Å². The second-order valence-electron chi connectivity index (χ2n) is 13.6. The number of hydrogen-bond acceptors (Lipinski definition) is 8. The number of carbonyl (C=O) groups is 1. The van der Waals surface area contributed by atoms with Crippen LogP contribution in [0.5, 0.6) is 0 Å². The molecule has 55 heavy (non-hydrogen) atoms. The number of hydrogen-bond donors (Lipinski definition) is 3.